The van der Waals surface area contributed by atoms with Crippen molar-refractivity contribution >= 4 is 26.0 Å². The van der Waals surface area contributed by atoms with Crippen LogP contribution in [0, 0.1) is 5.92 Å². The predicted octanol–water partition coefficient (Wildman–Crippen LogP) is 3.26. The summed E-state index contributed by atoms with van der Waals surface area (Å²) in [5.41, 5.74) is 0. The highest BCUT2D eigenvalue weighted by Crippen LogP contribution is 2.23. The number of sulfonamides is 1. The van der Waals surface area contributed by atoms with Crippen molar-refractivity contribution in [3.8, 4) is 0 Å². The second-order valence-corrected chi connectivity index (χ2v) is 7.75. The van der Waals surface area contributed by atoms with E-state index in [1.807, 2.05) is 0 Å². The van der Waals surface area contributed by atoms with Gasteiger partial charge in [0.2, 0.25) is 10.0 Å². The Balaban J connectivity index is 2.22. The van der Waals surface area contributed by atoms with E-state index in [4.69, 9.17) is 0 Å². The summed E-state index contributed by atoms with van der Waals surface area (Å²) >= 11 is 3.32. The van der Waals surface area contributed by atoms with Crippen molar-refractivity contribution in [1.82, 2.24) is 4.31 Å². The van der Waals surface area contributed by atoms with Crippen molar-refractivity contribution in [1.29, 1.82) is 0 Å². The lowest BCUT2D eigenvalue weighted by atomic mass is 10.0. The van der Waals surface area contributed by atoms with E-state index in [1.54, 1.807) is 28.6 Å². The lowest BCUT2D eigenvalue weighted by Crippen LogP contribution is -2.32. The molecule has 0 saturated carbocycles. The van der Waals surface area contributed by atoms with Gasteiger partial charge in [0, 0.05) is 17.6 Å². The Bertz CT molecular complexity index is 498. The Morgan fingerprint density at radius 2 is 1.83 bits per heavy atom. The van der Waals surface area contributed by atoms with Crippen molar-refractivity contribution in [2.75, 3.05) is 13.1 Å². The molecule has 0 spiro atoms. The molecule has 1 heterocycles. The van der Waals surface area contributed by atoms with E-state index in [1.165, 1.54) is 0 Å². The van der Waals surface area contributed by atoms with Gasteiger partial charge in [0.05, 0.1) is 4.90 Å². The molecule has 1 atom stereocenters. The van der Waals surface area contributed by atoms with Crippen molar-refractivity contribution < 1.29 is 8.42 Å². The highest BCUT2D eigenvalue weighted by Gasteiger charge is 2.26. The van der Waals surface area contributed by atoms with Gasteiger partial charge in [0.15, 0.2) is 0 Å². The molecular formula is C13H18BrNO2S. The molecule has 3 nitrogen and oxygen atoms in total. The average Bonchev–Trinajstić information content (AvgIpc) is 2.55. The molecule has 0 amide bonds. The molecule has 100 valence electrons. The Morgan fingerprint density at radius 3 is 2.50 bits per heavy atom. The van der Waals surface area contributed by atoms with Crippen LogP contribution in [0.3, 0.4) is 0 Å². The van der Waals surface area contributed by atoms with E-state index in [2.05, 4.69) is 22.9 Å². The van der Waals surface area contributed by atoms with E-state index >= 15 is 0 Å². The Morgan fingerprint density at radius 1 is 1.17 bits per heavy atom. The van der Waals surface area contributed by atoms with E-state index in [0.717, 1.165) is 23.7 Å². The molecule has 2 rings (SSSR count). The minimum absolute atomic E-state index is 0.389. The molecule has 0 bridgehead atoms. The minimum atomic E-state index is -3.31. The van der Waals surface area contributed by atoms with E-state index < -0.39 is 10.0 Å². The summed E-state index contributed by atoms with van der Waals surface area (Å²) in [6.07, 6.45) is 3.03. The first-order chi connectivity index (χ1) is 8.50. The molecule has 18 heavy (non-hydrogen) atoms. The van der Waals surface area contributed by atoms with Gasteiger partial charge >= 0.3 is 0 Å². The predicted molar refractivity (Wildman–Crippen MR) is 75.9 cm³/mol. The third kappa shape index (κ3) is 3.13. The molecule has 0 radical (unpaired) electrons. The lowest BCUT2D eigenvalue weighted by Gasteiger charge is -2.20. The summed E-state index contributed by atoms with van der Waals surface area (Å²) in [6.45, 7) is 3.47. The van der Waals surface area contributed by atoms with Gasteiger partial charge in [0.25, 0.3) is 0 Å². The van der Waals surface area contributed by atoms with Crippen molar-refractivity contribution in [3.63, 3.8) is 0 Å². The average molecular weight is 332 g/mol. The van der Waals surface area contributed by atoms with Crippen LogP contribution in [-0.2, 0) is 10.0 Å². The van der Waals surface area contributed by atoms with Gasteiger partial charge < -0.3 is 0 Å². The largest absolute Gasteiger partial charge is 0.243 e. The molecule has 0 N–H and O–H groups in total. The number of hydrogen-bond donors (Lipinski definition) is 0. The van der Waals surface area contributed by atoms with E-state index in [9.17, 15) is 8.42 Å². The van der Waals surface area contributed by atoms with E-state index in [-0.39, 0.29) is 0 Å². The SMILES string of the molecule is CC1CCCN(S(=O)(=O)c2ccc(Br)cc2)CC1. The summed E-state index contributed by atoms with van der Waals surface area (Å²) < 4.78 is 27.5. The van der Waals surface area contributed by atoms with Gasteiger partial charge in [-0.1, -0.05) is 22.9 Å². The van der Waals surface area contributed by atoms with Crippen LogP contribution in [0.2, 0.25) is 0 Å². The first-order valence-corrected chi connectivity index (χ1v) is 8.49. The number of hydrogen-bond acceptors (Lipinski definition) is 2. The van der Waals surface area contributed by atoms with Crippen LogP contribution in [0.15, 0.2) is 33.6 Å². The van der Waals surface area contributed by atoms with Gasteiger partial charge in [-0.15, -0.1) is 0 Å². The third-order valence-electron chi connectivity index (χ3n) is 3.43. The van der Waals surface area contributed by atoms with Crippen molar-refractivity contribution in [2.24, 2.45) is 5.92 Å². The summed E-state index contributed by atoms with van der Waals surface area (Å²) in [7, 11) is -3.31. The zero-order chi connectivity index (χ0) is 13.2. The Kier molecular flexibility index (Phi) is 4.45. The second kappa shape index (κ2) is 5.72. The standard InChI is InChI=1S/C13H18BrNO2S/c1-11-3-2-9-15(10-8-11)18(16,17)13-6-4-12(14)5-7-13/h4-7,11H,2-3,8-10H2,1H3. The molecule has 5 heteroatoms. The van der Waals surface area contributed by atoms with Crippen LogP contribution in [-0.4, -0.2) is 25.8 Å². The van der Waals surface area contributed by atoms with Crippen LogP contribution in [0.5, 0.6) is 0 Å². The van der Waals surface area contributed by atoms with Gasteiger partial charge in [0.1, 0.15) is 0 Å². The molecule has 0 aromatic heterocycles. The lowest BCUT2D eigenvalue weighted by molar-refractivity contribution is 0.417. The molecule has 1 aromatic carbocycles. The first kappa shape index (κ1) is 14.0. The monoisotopic (exact) mass is 331 g/mol. The Hall–Kier alpha value is -0.390. The van der Waals surface area contributed by atoms with Gasteiger partial charge in [-0.05, 0) is 49.4 Å². The summed E-state index contributed by atoms with van der Waals surface area (Å²) in [5.74, 6) is 0.620. The summed E-state index contributed by atoms with van der Waals surface area (Å²) in [5, 5.41) is 0. The highest BCUT2D eigenvalue weighted by atomic mass is 79.9. The zero-order valence-electron chi connectivity index (χ0n) is 10.5. The van der Waals surface area contributed by atoms with Crippen LogP contribution in [0.4, 0.5) is 0 Å². The van der Waals surface area contributed by atoms with Crippen molar-refractivity contribution in [2.45, 2.75) is 31.1 Å². The fourth-order valence-corrected chi connectivity index (χ4v) is 3.99. The Labute approximate surface area is 117 Å². The molecule has 0 aliphatic carbocycles. The quantitative estimate of drug-likeness (QED) is 0.834. The summed E-state index contributed by atoms with van der Waals surface area (Å²) in [6, 6.07) is 6.86. The van der Waals surface area contributed by atoms with Crippen molar-refractivity contribution in [3.05, 3.63) is 28.7 Å². The fourth-order valence-electron chi connectivity index (χ4n) is 2.23. The number of nitrogens with zero attached hydrogens (tertiary/aromatic N) is 1. The molecule has 1 aromatic rings. The smallest absolute Gasteiger partial charge is 0.207 e. The molecule has 1 aliphatic rings. The maximum absolute atomic E-state index is 12.5. The molecule has 1 saturated heterocycles. The van der Waals surface area contributed by atoms with Gasteiger partial charge in [-0.25, -0.2) is 8.42 Å². The normalized spacial score (nSPS) is 22.7. The number of halogens is 1. The molecular weight excluding hydrogens is 314 g/mol. The molecule has 1 aliphatic heterocycles. The van der Waals surface area contributed by atoms with Gasteiger partial charge in [-0.2, -0.15) is 4.31 Å². The molecule has 1 fully saturated rings. The maximum Gasteiger partial charge on any atom is 0.243 e. The van der Waals surface area contributed by atoms with Gasteiger partial charge in [-0.3, -0.25) is 0 Å². The van der Waals surface area contributed by atoms with E-state index in [0.29, 0.717) is 23.9 Å². The zero-order valence-corrected chi connectivity index (χ0v) is 12.9. The van der Waals surface area contributed by atoms with Crippen LogP contribution in [0.25, 0.3) is 0 Å². The highest BCUT2D eigenvalue weighted by molar-refractivity contribution is 9.10. The van der Waals surface area contributed by atoms with Crippen LogP contribution in [0.1, 0.15) is 26.2 Å². The topological polar surface area (TPSA) is 37.4 Å². The number of rotatable bonds is 2. The third-order valence-corrected chi connectivity index (χ3v) is 5.87. The van der Waals surface area contributed by atoms with Crippen LogP contribution >= 0.6 is 15.9 Å². The molecule has 1 unspecified atom stereocenters. The summed E-state index contributed by atoms with van der Waals surface area (Å²) in [4.78, 5) is 0.389. The number of benzene rings is 1. The first-order valence-electron chi connectivity index (χ1n) is 6.26. The van der Waals surface area contributed by atoms with Crippen LogP contribution < -0.4 is 0 Å². The maximum atomic E-state index is 12.5. The minimum Gasteiger partial charge on any atom is -0.207 e. The fraction of sp³-hybridized carbons (Fsp3) is 0.538. The second-order valence-electron chi connectivity index (χ2n) is 4.89.